The molecule has 0 bridgehead atoms. The fourth-order valence-electron chi connectivity index (χ4n) is 2.73. The first-order chi connectivity index (χ1) is 10.3. The quantitative estimate of drug-likeness (QED) is 0.912. The second-order valence-corrected chi connectivity index (χ2v) is 5.46. The topological polar surface area (TPSA) is 60.2 Å². The maximum absolute atomic E-state index is 5.53. The minimum atomic E-state index is 0.156. The molecule has 5 heteroatoms. The van der Waals surface area contributed by atoms with Gasteiger partial charge in [-0.15, -0.1) is 0 Å². The first kappa shape index (κ1) is 14.2. The van der Waals surface area contributed by atoms with Gasteiger partial charge in [0.05, 0.1) is 19.1 Å². The highest BCUT2D eigenvalue weighted by molar-refractivity contribution is 5.28. The summed E-state index contributed by atoms with van der Waals surface area (Å²) in [6.45, 7) is 6.45. The summed E-state index contributed by atoms with van der Waals surface area (Å²) in [4.78, 5) is 4.56. The zero-order valence-electron chi connectivity index (χ0n) is 12.5. The molecule has 1 aromatic heterocycles. The molecule has 0 amide bonds. The van der Waals surface area contributed by atoms with Crippen LogP contribution in [0.4, 0.5) is 0 Å². The third-order valence-corrected chi connectivity index (χ3v) is 3.96. The third kappa shape index (κ3) is 3.14. The monoisotopic (exact) mass is 287 g/mol. The minimum Gasteiger partial charge on any atom is -0.379 e. The van der Waals surface area contributed by atoms with Gasteiger partial charge in [0.2, 0.25) is 5.89 Å². The van der Waals surface area contributed by atoms with E-state index in [1.165, 1.54) is 11.1 Å². The van der Waals surface area contributed by atoms with E-state index in [0.717, 1.165) is 12.4 Å². The van der Waals surface area contributed by atoms with Crippen molar-refractivity contribution in [1.29, 1.82) is 0 Å². The smallest absolute Gasteiger partial charge is 0.233 e. The van der Waals surface area contributed by atoms with Crippen molar-refractivity contribution in [1.82, 2.24) is 15.5 Å². The predicted octanol–water partition coefficient (Wildman–Crippen LogP) is 2.06. The molecular formula is C16H21N3O2. The molecule has 3 rings (SSSR count). The van der Waals surface area contributed by atoms with E-state index in [9.17, 15) is 0 Å². The maximum Gasteiger partial charge on any atom is 0.233 e. The van der Waals surface area contributed by atoms with Gasteiger partial charge in [-0.25, -0.2) is 0 Å². The lowest BCUT2D eigenvalue weighted by Gasteiger charge is -2.13. The SMILES string of the molecule is CCNC1COCC1c1nc(Cc2ccccc2C)no1. The van der Waals surface area contributed by atoms with E-state index >= 15 is 0 Å². The van der Waals surface area contributed by atoms with Crippen molar-refractivity contribution in [3.05, 3.63) is 47.1 Å². The summed E-state index contributed by atoms with van der Waals surface area (Å²) in [5, 5.41) is 7.53. The Hall–Kier alpha value is -1.72. The first-order valence-electron chi connectivity index (χ1n) is 7.46. The van der Waals surface area contributed by atoms with Crippen LogP contribution in [0.25, 0.3) is 0 Å². The molecule has 0 spiro atoms. The Labute approximate surface area is 124 Å². The zero-order valence-corrected chi connectivity index (χ0v) is 12.5. The lowest BCUT2D eigenvalue weighted by atomic mass is 10.0. The highest BCUT2D eigenvalue weighted by Gasteiger charge is 2.33. The molecule has 21 heavy (non-hydrogen) atoms. The number of hydrogen-bond donors (Lipinski definition) is 1. The molecule has 1 fully saturated rings. The van der Waals surface area contributed by atoms with Crippen LogP contribution in [0.15, 0.2) is 28.8 Å². The van der Waals surface area contributed by atoms with Crippen molar-refractivity contribution in [3.63, 3.8) is 0 Å². The van der Waals surface area contributed by atoms with Gasteiger partial charge >= 0.3 is 0 Å². The standard InChI is InChI=1S/C16H21N3O2/c1-3-17-14-10-20-9-13(14)16-18-15(19-21-16)8-12-7-5-4-6-11(12)2/h4-7,13-14,17H,3,8-10H2,1-2H3. The largest absolute Gasteiger partial charge is 0.379 e. The van der Waals surface area contributed by atoms with Crippen molar-refractivity contribution < 1.29 is 9.26 Å². The fourth-order valence-corrected chi connectivity index (χ4v) is 2.73. The predicted molar refractivity (Wildman–Crippen MR) is 79.3 cm³/mol. The van der Waals surface area contributed by atoms with Crippen LogP contribution in [0.3, 0.4) is 0 Å². The average Bonchev–Trinajstić information content (AvgIpc) is 3.11. The summed E-state index contributed by atoms with van der Waals surface area (Å²) < 4.78 is 11.0. The summed E-state index contributed by atoms with van der Waals surface area (Å²) in [5.74, 6) is 1.58. The third-order valence-electron chi connectivity index (χ3n) is 3.96. The van der Waals surface area contributed by atoms with Gasteiger partial charge in [-0.3, -0.25) is 0 Å². The van der Waals surface area contributed by atoms with Crippen LogP contribution in [0.1, 0.15) is 35.7 Å². The number of hydrogen-bond acceptors (Lipinski definition) is 5. The van der Waals surface area contributed by atoms with E-state index in [1.807, 2.05) is 12.1 Å². The number of benzene rings is 1. The van der Waals surface area contributed by atoms with E-state index in [4.69, 9.17) is 9.26 Å². The maximum atomic E-state index is 5.53. The Morgan fingerprint density at radius 3 is 2.95 bits per heavy atom. The van der Waals surface area contributed by atoms with Gasteiger partial charge in [-0.1, -0.05) is 36.3 Å². The van der Waals surface area contributed by atoms with E-state index in [1.54, 1.807) is 0 Å². The Kier molecular flexibility index (Phi) is 4.31. The van der Waals surface area contributed by atoms with Gasteiger partial charge in [0.15, 0.2) is 5.82 Å². The second-order valence-electron chi connectivity index (χ2n) is 5.46. The molecule has 0 saturated carbocycles. The molecule has 0 aliphatic carbocycles. The van der Waals surface area contributed by atoms with Crippen LogP contribution in [0.2, 0.25) is 0 Å². The van der Waals surface area contributed by atoms with Crippen molar-refractivity contribution in [2.45, 2.75) is 32.2 Å². The lowest BCUT2D eigenvalue weighted by molar-refractivity contribution is 0.185. The molecule has 112 valence electrons. The van der Waals surface area contributed by atoms with Gasteiger partial charge in [0.1, 0.15) is 0 Å². The average molecular weight is 287 g/mol. The Bertz CT molecular complexity index is 597. The highest BCUT2D eigenvalue weighted by atomic mass is 16.5. The second kappa shape index (κ2) is 6.37. The van der Waals surface area contributed by atoms with E-state index in [0.29, 0.717) is 25.5 Å². The van der Waals surface area contributed by atoms with Crippen LogP contribution < -0.4 is 5.32 Å². The number of aryl methyl sites for hydroxylation is 1. The van der Waals surface area contributed by atoms with Crippen LogP contribution >= 0.6 is 0 Å². The molecule has 2 unspecified atom stereocenters. The number of nitrogens with zero attached hydrogens (tertiary/aromatic N) is 2. The Balaban J connectivity index is 1.73. The molecule has 1 saturated heterocycles. The zero-order chi connectivity index (χ0) is 14.7. The fraction of sp³-hybridized carbons (Fsp3) is 0.500. The molecular weight excluding hydrogens is 266 g/mol. The minimum absolute atomic E-state index is 0.156. The molecule has 2 atom stereocenters. The summed E-state index contributed by atoms with van der Waals surface area (Å²) in [6, 6.07) is 8.54. The van der Waals surface area contributed by atoms with E-state index in [2.05, 4.69) is 41.4 Å². The number of likely N-dealkylation sites (N-methyl/N-ethyl adjacent to an activating group) is 1. The van der Waals surface area contributed by atoms with Crippen molar-refractivity contribution >= 4 is 0 Å². The number of rotatable bonds is 5. The summed E-state index contributed by atoms with van der Waals surface area (Å²) >= 11 is 0. The number of nitrogens with one attached hydrogen (secondary N) is 1. The number of aromatic nitrogens is 2. The van der Waals surface area contributed by atoms with Crippen LogP contribution in [-0.4, -0.2) is 35.9 Å². The Morgan fingerprint density at radius 1 is 1.29 bits per heavy atom. The molecule has 2 aromatic rings. The molecule has 2 heterocycles. The van der Waals surface area contributed by atoms with Gasteiger partial charge in [0.25, 0.3) is 0 Å². The van der Waals surface area contributed by atoms with Crippen molar-refractivity contribution in [3.8, 4) is 0 Å². The first-order valence-corrected chi connectivity index (χ1v) is 7.46. The lowest BCUT2D eigenvalue weighted by Crippen LogP contribution is -2.34. The van der Waals surface area contributed by atoms with Crippen LogP contribution in [0.5, 0.6) is 0 Å². The van der Waals surface area contributed by atoms with Crippen molar-refractivity contribution in [2.75, 3.05) is 19.8 Å². The van der Waals surface area contributed by atoms with Gasteiger partial charge in [-0.05, 0) is 24.6 Å². The summed E-state index contributed by atoms with van der Waals surface area (Å²) in [6.07, 6.45) is 0.704. The van der Waals surface area contributed by atoms with Crippen LogP contribution in [-0.2, 0) is 11.2 Å². The van der Waals surface area contributed by atoms with Crippen molar-refractivity contribution in [2.24, 2.45) is 0 Å². The van der Waals surface area contributed by atoms with Gasteiger partial charge < -0.3 is 14.6 Å². The highest BCUT2D eigenvalue weighted by Crippen LogP contribution is 2.25. The molecule has 5 nitrogen and oxygen atoms in total. The van der Waals surface area contributed by atoms with Crippen LogP contribution in [0, 0.1) is 6.92 Å². The molecule has 1 aromatic carbocycles. The van der Waals surface area contributed by atoms with E-state index in [-0.39, 0.29) is 12.0 Å². The number of ether oxygens (including phenoxy) is 1. The molecule has 1 aliphatic rings. The van der Waals surface area contributed by atoms with E-state index < -0.39 is 0 Å². The van der Waals surface area contributed by atoms with Gasteiger partial charge in [0, 0.05) is 12.5 Å². The summed E-state index contributed by atoms with van der Waals surface area (Å²) in [7, 11) is 0. The van der Waals surface area contributed by atoms with Gasteiger partial charge in [-0.2, -0.15) is 4.98 Å². The Morgan fingerprint density at radius 2 is 2.14 bits per heavy atom. The normalized spacial score (nSPS) is 21.8. The summed E-state index contributed by atoms with van der Waals surface area (Å²) in [5.41, 5.74) is 2.48. The molecule has 0 radical (unpaired) electrons. The molecule has 1 N–H and O–H groups in total. The molecule has 1 aliphatic heterocycles.